The molecule has 0 aromatic heterocycles. The van der Waals surface area contributed by atoms with Crippen molar-refractivity contribution >= 4 is 16.0 Å². The average Bonchev–Trinajstić information content (AvgIpc) is 2.61. The third-order valence-corrected chi connectivity index (χ3v) is 5.08. The van der Waals surface area contributed by atoms with Crippen molar-refractivity contribution < 1.29 is 22.3 Å². The molecule has 0 saturated carbocycles. The van der Waals surface area contributed by atoms with Crippen LogP contribution in [0.15, 0.2) is 54.6 Å². The summed E-state index contributed by atoms with van der Waals surface area (Å²) in [4.78, 5) is 12.2. The van der Waals surface area contributed by atoms with Gasteiger partial charge in [-0.2, -0.15) is 0 Å². The van der Waals surface area contributed by atoms with E-state index in [1.54, 1.807) is 6.92 Å². The summed E-state index contributed by atoms with van der Waals surface area (Å²) >= 11 is 0. The Bertz CT molecular complexity index is 807. The maximum absolute atomic E-state index is 12.9. The number of nitrogens with one attached hydrogen (secondary N) is 1. The fraction of sp³-hybridized carbons (Fsp3) is 0.316. The van der Waals surface area contributed by atoms with Crippen LogP contribution in [0, 0.1) is 11.7 Å². The molecule has 2 aromatic carbocycles. The van der Waals surface area contributed by atoms with Gasteiger partial charge in [-0.05, 0) is 36.6 Å². The SMILES string of the molecule is CCOC(=O)[C@@H](CNS(=O)(=O)Cc1ccc(F)cc1)Cc1ccccc1. The summed E-state index contributed by atoms with van der Waals surface area (Å²) < 4.78 is 45.0. The number of benzene rings is 2. The summed E-state index contributed by atoms with van der Waals surface area (Å²) in [7, 11) is -3.66. The Hall–Kier alpha value is -2.25. The predicted octanol–water partition coefficient (Wildman–Crippen LogP) is 2.67. The minimum Gasteiger partial charge on any atom is -0.466 e. The van der Waals surface area contributed by atoms with E-state index in [0.717, 1.165) is 5.56 Å². The highest BCUT2D eigenvalue weighted by Crippen LogP contribution is 2.12. The van der Waals surface area contributed by atoms with Crippen LogP contribution in [0.4, 0.5) is 4.39 Å². The minimum absolute atomic E-state index is 0.0583. The van der Waals surface area contributed by atoms with Crippen LogP contribution in [0.5, 0.6) is 0 Å². The highest BCUT2D eigenvalue weighted by molar-refractivity contribution is 7.88. The lowest BCUT2D eigenvalue weighted by atomic mass is 10.00. The maximum Gasteiger partial charge on any atom is 0.310 e. The standard InChI is InChI=1S/C19H22FNO4S/c1-2-25-19(22)17(12-15-6-4-3-5-7-15)13-21-26(23,24)14-16-8-10-18(20)11-9-16/h3-11,17,21H,2,12-14H2,1H3/t17-/m1/s1. The molecule has 0 aliphatic carbocycles. The molecule has 2 rings (SSSR count). The first-order valence-corrected chi connectivity index (χ1v) is 9.97. The van der Waals surface area contributed by atoms with E-state index in [0.29, 0.717) is 12.0 Å². The topological polar surface area (TPSA) is 72.5 Å². The second kappa shape index (κ2) is 9.45. The summed E-state index contributed by atoms with van der Waals surface area (Å²) in [5.74, 6) is -1.78. The molecule has 0 aliphatic heterocycles. The molecule has 26 heavy (non-hydrogen) atoms. The Kier molecular flexibility index (Phi) is 7.29. The van der Waals surface area contributed by atoms with E-state index in [1.165, 1.54) is 24.3 Å². The zero-order chi connectivity index (χ0) is 19.0. The summed E-state index contributed by atoms with van der Waals surface area (Å²) in [5, 5.41) is 0. The monoisotopic (exact) mass is 379 g/mol. The van der Waals surface area contributed by atoms with E-state index < -0.39 is 27.7 Å². The van der Waals surface area contributed by atoms with Gasteiger partial charge < -0.3 is 4.74 Å². The van der Waals surface area contributed by atoms with Gasteiger partial charge in [0.2, 0.25) is 10.0 Å². The highest BCUT2D eigenvalue weighted by Gasteiger charge is 2.23. The second-order valence-electron chi connectivity index (χ2n) is 5.87. The zero-order valence-corrected chi connectivity index (χ0v) is 15.3. The van der Waals surface area contributed by atoms with Crippen LogP contribution < -0.4 is 4.72 Å². The fourth-order valence-corrected chi connectivity index (χ4v) is 3.66. The zero-order valence-electron chi connectivity index (χ0n) is 14.5. The van der Waals surface area contributed by atoms with Gasteiger partial charge in [-0.1, -0.05) is 42.5 Å². The van der Waals surface area contributed by atoms with Gasteiger partial charge in [-0.15, -0.1) is 0 Å². The molecule has 5 nitrogen and oxygen atoms in total. The smallest absolute Gasteiger partial charge is 0.310 e. The molecule has 140 valence electrons. The number of ether oxygens (including phenoxy) is 1. The maximum atomic E-state index is 12.9. The van der Waals surface area contributed by atoms with Gasteiger partial charge in [0.15, 0.2) is 0 Å². The van der Waals surface area contributed by atoms with Crippen LogP contribution in [0.1, 0.15) is 18.1 Å². The van der Waals surface area contributed by atoms with Gasteiger partial charge in [0.05, 0.1) is 18.3 Å². The lowest BCUT2D eigenvalue weighted by Crippen LogP contribution is -2.35. The van der Waals surface area contributed by atoms with Gasteiger partial charge in [-0.3, -0.25) is 4.79 Å². The fourth-order valence-electron chi connectivity index (χ4n) is 2.48. The van der Waals surface area contributed by atoms with Crippen LogP contribution in [0.2, 0.25) is 0 Å². The van der Waals surface area contributed by atoms with Gasteiger partial charge in [-0.25, -0.2) is 17.5 Å². The number of carbonyl (C=O) groups excluding carboxylic acids is 1. The van der Waals surface area contributed by atoms with Crippen molar-refractivity contribution in [1.29, 1.82) is 0 Å². The van der Waals surface area contributed by atoms with Crippen molar-refractivity contribution in [1.82, 2.24) is 4.72 Å². The number of hydrogen-bond donors (Lipinski definition) is 1. The van der Waals surface area contributed by atoms with Crippen molar-refractivity contribution in [2.75, 3.05) is 13.2 Å². The molecule has 0 bridgehead atoms. The molecule has 7 heteroatoms. The molecular formula is C19H22FNO4S. The van der Waals surface area contributed by atoms with Crippen LogP contribution in [0.25, 0.3) is 0 Å². The lowest BCUT2D eigenvalue weighted by molar-refractivity contribution is -0.147. The molecule has 0 spiro atoms. The molecule has 2 aromatic rings. The Morgan fingerprint density at radius 3 is 2.35 bits per heavy atom. The van der Waals surface area contributed by atoms with Crippen molar-refractivity contribution in [3.63, 3.8) is 0 Å². The molecule has 0 heterocycles. The van der Waals surface area contributed by atoms with Crippen LogP contribution in [-0.2, 0) is 31.7 Å². The Morgan fingerprint density at radius 2 is 1.73 bits per heavy atom. The molecular weight excluding hydrogens is 357 g/mol. The van der Waals surface area contributed by atoms with Crippen molar-refractivity contribution in [2.45, 2.75) is 19.1 Å². The van der Waals surface area contributed by atoms with E-state index in [2.05, 4.69) is 4.72 Å². The number of esters is 1. The van der Waals surface area contributed by atoms with Crippen molar-refractivity contribution in [3.05, 3.63) is 71.5 Å². The largest absolute Gasteiger partial charge is 0.466 e. The number of halogens is 1. The summed E-state index contributed by atoms with van der Waals surface area (Å²) in [5.41, 5.74) is 1.39. The molecule has 0 aliphatic rings. The normalized spacial score (nSPS) is 12.5. The predicted molar refractivity (Wildman–Crippen MR) is 97.3 cm³/mol. The van der Waals surface area contributed by atoms with E-state index in [9.17, 15) is 17.6 Å². The number of carbonyl (C=O) groups is 1. The first kappa shape index (κ1) is 20.1. The summed E-state index contributed by atoms with van der Waals surface area (Å²) in [6.45, 7) is 1.87. The molecule has 1 N–H and O–H groups in total. The van der Waals surface area contributed by atoms with Gasteiger partial charge in [0.25, 0.3) is 0 Å². The van der Waals surface area contributed by atoms with E-state index >= 15 is 0 Å². The first-order chi connectivity index (χ1) is 12.4. The number of sulfonamides is 1. The Labute approximate surface area is 153 Å². The molecule has 0 unspecified atom stereocenters. The number of rotatable bonds is 9. The van der Waals surface area contributed by atoms with E-state index in [4.69, 9.17) is 4.74 Å². The van der Waals surface area contributed by atoms with E-state index in [-0.39, 0.29) is 18.9 Å². The lowest BCUT2D eigenvalue weighted by Gasteiger charge is -2.16. The third kappa shape index (κ3) is 6.57. The van der Waals surface area contributed by atoms with Crippen LogP contribution in [-0.4, -0.2) is 27.5 Å². The molecule has 0 radical (unpaired) electrons. The Balaban J connectivity index is 2.02. The van der Waals surface area contributed by atoms with Crippen molar-refractivity contribution in [3.8, 4) is 0 Å². The van der Waals surface area contributed by atoms with Gasteiger partial charge in [0.1, 0.15) is 5.82 Å². The Morgan fingerprint density at radius 1 is 1.08 bits per heavy atom. The molecule has 0 saturated heterocycles. The molecule has 0 fully saturated rings. The summed E-state index contributed by atoms with van der Waals surface area (Å²) in [6.07, 6.45) is 0.374. The molecule has 0 amide bonds. The van der Waals surface area contributed by atoms with Crippen LogP contribution in [0.3, 0.4) is 0 Å². The molecule has 1 atom stereocenters. The minimum atomic E-state index is -3.66. The third-order valence-electron chi connectivity index (χ3n) is 3.76. The van der Waals surface area contributed by atoms with Gasteiger partial charge >= 0.3 is 5.97 Å². The second-order valence-corrected chi connectivity index (χ2v) is 7.68. The van der Waals surface area contributed by atoms with Crippen molar-refractivity contribution in [2.24, 2.45) is 5.92 Å². The first-order valence-electron chi connectivity index (χ1n) is 8.32. The number of hydrogen-bond acceptors (Lipinski definition) is 4. The van der Waals surface area contributed by atoms with Crippen LogP contribution >= 0.6 is 0 Å². The highest BCUT2D eigenvalue weighted by atomic mass is 32.2. The summed E-state index contributed by atoms with van der Waals surface area (Å²) in [6, 6.07) is 14.6. The quantitative estimate of drug-likeness (QED) is 0.680. The van der Waals surface area contributed by atoms with Gasteiger partial charge in [0, 0.05) is 6.54 Å². The average molecular weight is 379 g/mol. The van der Waals surface area contributed by atoms with E-state index in [1.807, 2.05) is 30.3 Å².